The summed E-state index contributed by atoms with van der Waals surface area (Å²) in [6.45, 7) is 3.34. The van der Waals surface area contributed by atoms with Gasteiger partial charge in [-0.2, -0.15) is 0 Å². The van der Waals surface area contributed by atoms with Gasteiger partial charge in [0.2, 0.25) is 0 Å². The molecule has 0 atom stereocenters. The molecule has 0 aliphatic carbocycles. The van der Waals surface area contributed by atoms with E-state index in [0.717, 1.165) is 23.6 Å². The summed E-state index contributed by atoms with van der Waals surface area (Å²) < 4.78 is 10.6. The minimum absolute atomic E-state index is 0. The highest BCUT2D eigenvalue weighted by Gasteiger charge is 2.06. The number of nitrogens with zero attached hydrogens (tertiary/aromatic N) is 3. The van der Waals surface area contributed by atoms with Crippen molar-refractivity contribution >= 4 is 41.4 Å². The number of aliphatic imine (C=N–C) groups is 1. The molecule has 0 fully saturated rings. The molecular formula is C19H28IN5O2. The van der Waals surface area contributed by atoms with Gasteiger partial charge in [0, 0.05) is 38.6 Å². The van der Waals surface area contributed by atoms with Crippen LogP contribution in [0.4, 0.5) is 11.5 Å². The lowest BCUT2D eigenvalue weighted by Crippen LogP contribution is -2.30. The van der Waals surface area contributed by atoms with E-state index in [-0.39, 0.29) is 24.0 Å². The van der Waals surface area contributed by atoms with Crippen molar-refractivity contribution in [1.29, 1.82) is 0 Å². The molecule has 8 heteroatoms. The zero-order chi connectivity index (χ0) is 18.9. The highest BCUT2D eigenvalue weighted by molar-refractivity contribution is 14.0. The Morgan fingerprint density at radius 1 is 1.11 bits per heavy atom. The fourth-order valence-corrected chi connectivity index (χ4v) is 2.33. The Hall–Kier alpha value is -2.23. The largest absolute Gasteiger partial charge is 0.493 e. The predicted molar refractivity (Wildman–Crippen MR) is 122 cm³/mol. The molecule has 0 spiro atoms. The summed E-state index contributed by atoms with van der Waals surface area (Å²) in [5.41, 5.74) is 1.96. The van der Waals surface area contributed by atoms with E-state index >= 15 is 0 Å². The van der Waals surface area contributed by atoms with Gasteiger partial charge >= 0.3 is 0 Å². The van der Waals surface area contributed by atoms with Crippen LogP contribution in [-0.4, -0.2) is 45.8 Å². The highest BCUT2D eigenvalue weighted by atomic mass is 127. The Labute approximate surface area is 178 Å². The molecule has 0 saturated carbocycles. The average molecular weight is 485 g/mol. The fourth-order valence-electron chi connectivity index (χ4n) is 2.33. The maximum atomic E-state index is 5.35. The van der Waals surface area contributed by atoms with E-state index < -0.39 is 0 Å². The Morgan fingerprint density at radius 2 is 1.85 bits per heavy atom. The number of rotatable bonds is 7. The number of halogens is 1. The van der Waals surface area contributed by atoms with Gasteiger partial charge in [-0.3, -0.25) is 0 Å². The monoisotopic (exact) mass is 485 g/mol. The third-order valence-corrected chi connectivity index (χ3v) is 3.68. The van der Waals surface area contributed by atoms with Crippen LogP contribution in [0.2, 0.25) is 0 Å². The van der Waals surface area contributed by atoms with Gasteiger partial charge in [-0.05, 0) is 36.8 Å². The Bertz CT molecular complexity index is 753. The number of anilines is 2. The van der Waals surface area contributed by atoms with E-state index in [0.29, 0.717) is 24.0 Å². The Kier molecular flexibility index (Phi) is 9.70. The van der Waals surface area contributed by atoms with Gasteiger partial charge < -0.3 is 25.0 Å². The second-order valence-electron chi connectivity index (χ2n) is 5.81. The molecule has 2 aromatic rings. The minimum atomic E-state index is 0. The van der Waals surface area contributed by atoms with Gasteiger partial charge in [0.1, 0.15) is 5.82 Å². The van der Waals surface area contributed by atoms with Crippen molar-refractivity contribution in [3.8, 4) is 11.5 Å². The Balaban J connectivity index is 0.00000364. The zero-order valence-corrected chi connectivity index (χ0v) is 18.8. The van der Waals surface area contributed by atoms with Crippen molar-refractivity contribution in [2.45, 2.75) is 13.5 Å². The van der Waals surface area contributed by atoms with Crippen molar-refractivity contribution in [3.05, 3.63) is 42.1 Å². The van der Waals surface area contributed by atoms with Crippen LogP contribution in [0.3, 0.4) is 0 Å². The number of methoxy groups -OCH3 is 2. The third-order valence-electron chi connectivity index (χ3n) is 3.68. The molecule has 27 heavy (non-hydrogen) atoms. The molecule has 2 rings (SSSR count). The van der Waals surface area contributed by atoms with Crippen LogP contribution in [-0.2, 0) is 6.54 Å². The molecule has 0 radical (unpaired) electrons. The summed E-state index contributed by atoms with van der Waals surface area (Å²) >= 11 is 0. The Morgan fingerprint density at radius 3 is 2.48 bits per heavy atom. The molecule has 0 aliphatic heterocycles. The van der Waals surface area contributed by atoms with E-state index in [1.54, 1.807) is 20.4 Å². The lowest BCUT2D eigenvalue weighted by atomic mass is 10.2. The number of hydrogen-bond donors (Lipinski definition) is 2. The van der Waals surface area contributed by atoms with Crippen LogP contribution < -0.4 is 25.0 Å². The molecule has 1 aromatic heterocycles. The van der Waals surface area contributed by atoms with Gasteiger partial charge in [0.15, 0.2) is 17.5 Å². The molecular weight excluding hydrogens is 457 g/mol. The number of pyridine rings is 1. The summed E-state index contributed by atoms with van der Waals surface area (Å²) in [4.78, 5) is 11.0. The fraction of sp³-hybridized carbons (Fsp3) is 0.368. The number of benzene rings is 1. The van der Waals surface area contributed by atoms with Crippen molar-refractivity contribution in [2.24, 2.45) is 4.99 Å². The molecule has 2 N–H and O–H groups in total. The van der Waals surface area contributed by atoms with Crippen molar-refractivity contribution in [2.75, 3.05) is 45.1 Å². The molecule has 0 bridgehead atoms. The summed E-state index contributed by atoms with van der Waals surface area (Å²) in [5, 5.41) is 6.54. The molecule has 0 unspecified atom stereocenters. The number of guanidine groups is 1. The van der Waals surface area contributed by atoms with Crippen LogP contribution in [0, 0.1) is 0 Å². The highest BCUT2D eigenvalue weighted by Crippen LogP contribution is 2.29. The second kappa shape index (κ2) is 11.5. The SMILES string of the molecule is CCNC(=NCc1ccnc(N(C)C)c1)Nc1ccc(OC)c(OC)c1.I. The van der Waals surface area contributed by atoms with E-state index in [1.165, 1.54) is 0 Å². The molecule has 0 amide bonds. The first-order valence-electron chi connectivity index (χ1n) is 8.47. The normalized spacial score (nSPS) is 10.6. The smallest absolute Gasteiger partial charge is 0.196 e. The number of ether oxygens (including phenoxy) is 2. The van der Waals surface area contributed by atoms with E-state index in [2.05, 4.69) is 20.6 Å². The summed E-state index contributed by atoms with van der Waals surface area (Å²) in [6, 6.07) is 9.66. The number of nitrogens with one attached hydrogen (secondary N) is 2. The summed E-state index contributed by atoms with van der Waals surface area (Å²) in [5.74, 6) is 2.96. The summed E-state index contributed by atoms with van der Waals surface area (Å²) in [6.07, 6.45) is 1.80. The standard InChI is InChI=1S/C19H27N5O2.HI/c1-6-20-19(22-13-14-9-10-21-18(11-14)24(2)3)23-15-7-8-16(25-4)17(12-15)26-5;/h7-12H,6,13H2,1-5H3,(H2,20,22,23);1H. The quantitative estimate of drug-likeness (QED) is 0.356. The van der Waals surface area contributed by atoms with Gasteiger partial charge in [-0.15, -0.1) is 24.0 Å². The molecule has 1 heterocycles. The van der Waals surface area contributed by atoms with Gasteiger partial charge in [-0.1, -0.05) is 0 Å². The van der Waals surface area contributed by atoms with Crippen molar-refractivity contribution in [3.63, 3.8) is 0 Å². The second-order valence-corrected chi connectivity index (χ2v) is 5.81. The first-order valence-corrected chi connectivity index (χ1v) is 8.47. The van der Waals surface area contributed by atoms with Crippen molar-refractivity contribution in [1.82, 2.24) is 10.3 Å². The van der Waals surface area contributed by atoms with Crippen LogP contribution in [0.15, 0.2) is 41.5 Å². The lowest BCUT2D eigenvalue weighted by molar-refractivity contribution is 0.355. The maximum absolute atomic E-state index is 5.35. The van der Waals surface area contributed by atoms with Crippen LogP contribution in [0.5, 0.6) is 11.5 Å². The van der Waals surface area contributed by atoms with Gasteiger partial charge in [0.05, 0.1) is 20.8 Å². The van der Waals surface area contributed by atoms with E-state index in [4.69, 9.17) is 9.47 Å². The van der Waals surface area contributed by atoms with E-state index in [9.17, 15) is 0 Å². The van der Waals surface area contributed by atoms with Crippen LogP contribution >= 0.6 is 24.0 Å². The van der Waals surface area contributed by atoms with Crippen LogP contribution in [0.1, 0.15) is 12.5 Å². The van der Waals surface area contributed by atoms with E-state index in [1.807, 2.05) is 56.3 Å². The molecule has 148 valence electrons. The van der Waals surface area contributed by atoms with Crippen molar-refractivity contribution < 1.29 is 9.47 Å². The molecule has 7 nitrogen and oxygen atoms in total. The topological polar surface area (TPSA) is 71.0 Å². The minimum Gasteiger partial charge on any atom is -0.493 e. The first kappa shape index (κ1) is 22.8. The maximum Gasteiger partial charge on any atom is 0.196 e. The number of hydrogen-bond acceptors (Lipinski definition) is 5. The predicted octanol–water partition coefficient (Wildman–Crippen LogP) is 3.36. The lowest BCUT2D eigenvalue weighted by Gasteiger charge is -2.14. The molecule has 1 aromatic carbocycles. The third kappa shape index (κ3) is 6.78. The molecule has 0 saturated heterocycles. The van der Waals surface area contributed by atoms with Crippen LogP contribution in [0.25, 0.3) is 0 Å². The average Bonchev–Trinajstić information content (AvgIpc) is 2.66. The first-order chi connectivity index (χ1) is 12.6. The summed E-state index contributed by atoms with van der Waals surface area (Å²) in [7, 11) is 7.18. The zero-order valence-electron chi connectivity index (χ0n) is 16.4. The number of aromatic nitrogens is 1. The van der Waals surface area contributed by atoms with Gasteiger partial charge in [0.25, 0.3) is 0 Å². The molecule has 0 aliphatic rings. The van der Waals surface area contributed by atoms with Gasteiger partial charge in [-0.25, -0.2) is 9.98 Å².